The molecule has 112 valence electrons. The highest BCUT2D eigenvalue weighted by atomic mass is 32.1. The van der Waals surface area contributed by atoms with Crippen LogP contribution in [-0.2, 0) is 12.8 Å². The predicted molar refractivity (Wildman–Crippen MR) is 85.6 cm³/mol. The molecule has 2 rings (SSSR count). The van der Waals surface area contributed by atoms with Crippen LogP contribution in [0.1, 0.15) is 46.8 Å². The van der Waals surface area contributed by atoms with Gasteiger partial charge >= 0.3 is 0 Å². The molecule has 0 bridgehead atoms. The van der Waals surface area contributed by atoms with Gasteiger partial charge in [-0.15, -0.1) is 11.3 Å². The first-order valence-corrected chi connectivity index (χ1v) is 8.56. The minimum atomic E-state index is 0.241. The second-order valence-corrected chi connectivity index (χ2v) is 6.76. The van der Waals surface area contributed by atoms with Gasteiger partial charge in [0.25, 0.3) is 5.91 Å². The SMILES string of the molecule is CCCc1sc(C(=O)N2CCC(CNC)C2)cc1CC. The van der Waals surface area contributed by atoms with Crippen molar-refractivity contribution in [3.63, 3.8) is 0 Å². The van der Waals surface area contributed by atoms with Crippen molar-refractivity contribution in [3.8, 4) is 0 Å². The first kappa shape index (κ1) is 15.5. The molecule has 0 saturated carbocycles. The van der Waals surface area contributed by atoms with E-state index in [1.807, 2.05) is 11.9 Å². The maximum atomic E-state index is 12.6. The maximum absolute atomic E-state index is 12.6. The third kappa shape index (κ3) is 3.41. The summed E-state index contributed by atoms with van der Waals surface area (Å²) in [5.74, 6) is 0.857. The molecule has 1 unspecified atom stereocenters. The second kappa shape index (κ2) is 7.23. The van der Waals surface area contributed by atoms with Gasteiger partial charge in [-0.3, -0.25) is 4.79 Å². The average molecular weight is 294 g/mol. The molecule has 1 atom stereocenters. The van der Waals surface area contributed by atoms with E-state index in [-0.39, 0.29) is 5.91 Å². The number of nitrogens with zero attached hydrogens (tertiary/aromatic N) is 1. The minimum Gasteiger partial charge on any atom is -0.338 e. The molecular formula is C16H26N2OS. The summed E-state index contributed by atoms with van der Waals surface area (Å²) in [6.07, 6.45) is 4.40. The number of hydrogen-bond acceptors (Lipinski definition) is 3. The molecule has 1 aromatic rings. The van der Waals surface area contributed by atoms with E-state index in [1.165, 1.54) is 10.4 Å². The number of nitrogens with one attached hydrogen (secondary N) is 1. The molecule has 4 heteroatoms. The van der Waals surface area contributed by atoms with Crippen molar-refractivity contribution in [1.29, 1.82) is 0 Å². The Kier molecular flexibility index (Phi) is 5.61. The Hall–Kier alpha value is -0.870. The minimum absolute atomic E-state index is 0.241. The Morgan fingerprint density at radius 1 is 1.50 bits per heavy atom. The summed E-state index contributed by atoms with van der Waals surface area (Å²) in [4.78, 5) is 17.0. The van der Waals surface area contributed by atoms with E-state index in [0.717, 1.165) is 50.2 Å². The third-order valence-electron chi connectivity index (χ3n) is 4.03. The van der Waals surface area contributed by atoms with Crippen LogP contribution in [0.25, 0.3) is 0 Å². The second-order valence-electron chi connectivity index (χ2n) is 5.63. The van der Waals surface area contributed by atoms with Crippen LogP contribution in [0.2, 0.25) is 0 Å². The molecule has 1 aliphatic rings. The first-order valence-electron chi connectivity index (χ1n) is 7.75. The van der Waals surface area contributed by atoms with Crippen molar-refractivity contribution in [3.05, 3.63) is 21.4 Å². The van der Waals surface area contributed by atoms with Gasteiger partial charge in [-0.25, -0.2) is 0 Å². The standard InChI is InChI=1S/C16H26N2OS/c1-4-6-14-13(5-2)9-15(20-14)16(19)18-8-7-12(11-18)10-17-3/h9,12,17H,4-8,10-11H2,1-3H3. The maximum Gasteiger partial charge on any atom is 0.263 e. The smallest absolute Gasteiger partial charge is 0.263 e. The molecular weight excluding hydrogens is 268 g/mol. The van der Waals surface area contributed by atoms with Gasteiger partial charge in [0.1, 0.15) is 0 Å². The number of thiophene rings is 1. The van der Waals surface area contributed by atoms with E-state index >= 15 is 0 Å². The molecule has 1 aliphatic heterocycles. The quantitative estimate of drug-likeness (QED) is 0.875. The van der Waals surface area contributed by atoms with Crippen LogP contribution >= 0.6 is 11.3 Å². The lowest BCUT2D eigenvalue weighted by atomic mass is 10.1. The Morgan fingerprint density at radius 2 is 2.30 bits per heavy atom. The van der Waals surface area contributed by atoms with Crippen LogP contribution in [-0.4, -0.2) is 37.5 Å². The Bertz CT molecular complexity index is 455. The molecule has 1 saturated heterocycles. The van der Waals surface area contributed by atoms with Crippen LogP contribution in [0.5, 0.6) is 0 Å². The summed E-state index contributed by atoms with van der Waals surface area (Å²) < 4.78 is 0. The van der Waals surface area contributed by atoms with Gasteiger partial charge in [0.05, 0.1) is 4.88 Å². The highest BCUT2D eigenvalue weighted by molar-refractivity contribution is 7.14. The lowest BCUT2D eigenvalue weighted by molar-refractivity contribution is 0.0792. The Labute approximate surface area is 126 Å². The molecule has 2 heterocycles. The molecule has 1 amide bonds. The van der Waals surface area contributed by atoms with Crippen molar-refractivity contribution in [2.45, 2.75) is 39.5 Å². The Morgan fingerprint density at radius 3 is 2.95 bits per heavy atom. The first-order chi connectivity index (χ1) is 9.69. The predicted octanol–water partition coefficient (Wildman–Crippen LogP) is 2.94. The Balaban J connectivity index is 2.06. The lowest BCUT2D eigenvalue weighted by Gasteiger charge is -2.15. The van der Waals surface area contributed by atoms with Crippen LogP contribution in [0, 0.1) is 5.92 Å². The van der Waals surface area contributed by atoms with E-state index in [9.17, 15) is 4.79 Å². The highest BCUT2D eigenvalue weighted by Crippen LogP contribution is 2.27. The van der Waals surface area contributed by atoms with E-state index in [0.29, 0.717) is 5.92 Å². The van der Waals surface area contributed by atoms with E-state index < -0.39 is 0 Å². The number of carbonyl (C=O) groups is 1. The summed E-state index contributed by atoms with van der Waals surface area (Å²) in [7, 11) is 1.98. The van der Waals surface area contributed by atoms with Crippen molar-refractivity contribution in [1.82, 2.24) is 10.2 Å². The topological polar surface area (TPSA) is 32.3 Å². The van der Waals surface area contributed by atoms with Gasteiger partial charge in [-0.1, -0.05) is 20.3 Å². The van der Waals surface area contributed by atoms with E-state index in [2.05, 4.69) is 25.2 Å². The fraction of sp³-hybridized carbons (Fsp3) is 0.688. The zero-order valence-electron chi connectivity index (χ0n) is 12.9. The summed E-state index contributed by atoms with van der Waals surface area (Å²) in [5, 5.41) is 3.21. The molecule has 0 radical (unpaired) electrons. The molecule has 20 heavy (non-hydrogen) atoms. The zero-order valence-corrected chi connectivity index (χ0v) is 13.7. The van der Waals surface area contributed by atoms with Crippen molar-refractivity contribution < 1.29 is 4.79 Å². The van der Waals surface area contributed by atoms with Gasteiger partial charge < -0.3 is 10.2 Å². The molecule has 0 aromatic carbocycles. The van der Waals surface area contributed by atoms with Gasteiger partial charge in [0.2, 0.25) is 0 Å². The largest absolute Gasteiger partial charge is 0.338 e. The molecule has 3 nitrogen and oxygen atoms in total. The molecule has 1 fully saturated rings. The highest BCUT2D eigenvalue weighted by Gasteiger charge is 2.27. The van der Waals surface area contributed by atoms with Crippen LogP contribution < -0.4 is 5.32 Å². The van der Waals surface area contributed by atoms with Gasteiger partial charge in [0.15, 0.2) is 0 Å². The van der Waals surface area contributed by atoms with Gasteiger partial charge in [-0.05, 0) is 50.4 Å². The van der Waals surface area contributed by atoms with Crippen molar-refractivity contribution in [2.24, 2.45) is 5.92 Å². The lowest BCUT2D eigenvalue weighted by Crippen LogP contribution is -2.29. The van der Waals surface area contributed by atoms with Crippen LogP contribution in [0.4, 0.5) is 0 Å². The summed E-state index contributed by atoms with van der Waals surface area (Å²) in [6.45, 7) is 7.20. The number of likely N-dealkylation sites (tertiary alicyclic amines) is 1. The van der Waals surface area contributed by atoms with E-state index in [4.69, 9.17) is 0 Å². The van der Waals surface area contributed by atoms with E-state index in [1.54, 1.807) is 11.3 Å². The fourth-order valence-corrected chi connectivity index (χ4v) is 4.26. The number of aryl methyl sites for hydroxylation is 2. The number of rotatable bonds is 6. The molecule has 1 N–H and O–H groups in total. The monoisotopic (exact) mass is 294 g/mol. The summed E-state index contributed by atoms with van der Waals surface area (Å²) in [6, 6.07) is 2.13. The molecule has 0 spiro atoms. The van der Waals surface area contributed by atoms with Crippen LogP contribution in [0.3, 0.4) is 0 Å². The van der Waals surface area contributed by atoms with Gasteiger partial charge in [0, 0.05) is 18.0 Å². The zero-order chi connectivity index (χ0) is 14.5. The van der Waals surface area contributed by atoms with Crippen molar-refractivity contribution in [2.75, 3.05) is 26.7 Å². The third-order valence-corrected chi connectivity index (χ3v) is 5.26. The normalized spacial score (nSPS) is 18.8. The molecule has 1 aromatic heterocycles. The average Bonchev–Trinajstić information content (AvgIpc) is 3.06. The number of carbonyl (C=O) groups excluding carboxylic acids is 1. The number of amides is 1. The summed E-state index contributed by atoms with van der Waals surface area (Å²) >= 11 is 1.71. The van der Waals surface area contributed by atoms with Crippen LogP contribution in [0.15, 0.2) is 6.07 Å². The van der Waals surface area contributed by atoms with Gasteiger partial charge in [-0.2, -0.15) is 0 Å². The molecule has 0 aliphatic carbocycles. The number of hydrogen-bond donors (Lipinski definition) is 1. The fourth-order valence-electron chi connectivity index (χ4n) is 2.94. The summed E-state index contributed by atoms with van der Waals surface area (Å²) in [5.41, 5.74) is 1.37. The van der Waals surface area contributed by atoms with Crippen molar-refractivity contribution >= 4 is 17.2 Å².